The van der Waals surface area contributed by atoms with Gasteiger partial charge in [-0.2, -0.15) is 4.57 Å². The molecule has 0 aliphatic carbocycles. The minimum absolute atomic E-state index is 0.829. The van der Waals surface area contributed by atoms with Gasteiger partial charge in [0.15, 0.2) is 11.4 Å². The van der Waals surface area contributed by atoms with E-state index in [4.69, 9.17) is 9.47 Å². The fourth-order valence-electron chi connectivity index (χ4n) is 6.32. The maximum atomic E-state index is 6.26. The lowest BCUT2D eigenvalue weighted by Crippen LogP contribution is -2.42. The topological polar surface area (TPSA) is 66.6 Å². The second-order valence-corrected chi connectivity index (χ2v) is 11.4. The van der Waals surface area contributed by atoms with Crippen molar-refractivity contribution in [1.82, 2.24) is 25.4 Å². The second-order valence-electron chi connectivity index (χ2n) is 11.4. The van der Waals surface area contributed by atoms with Crippen LogP contribution < -0.4 is 30.0 Å². The average Bonchev–Trinajstić information content (AvgIpc) is 3.53. The third-order valence-corrected chi connectivity index (χ3v) is 8.57. The summed E-state index contributed by atoms with van der Waals surface area (Å²) in [7, 11) is 3.51. The van der Waals surface area contributed by atoms with Gasteiger partial charge in [0.1, 0.15) is 18.1 Å². The smallest absolute Gasteiger partial charge is 0.249 e. The van der Waals surface area contributed by atoms with E-state index in [1.807, 2.05) is 0 Å². The van der Waals surface area contributed by atoms with Crippen LogP contribution in [0.2, 0.25) is 0 Å². The fourth-order valence-corrected chi connectivity index (χ4v) is 6.32. The standard InChI is InChI=1S/C36H45N6O2/c1-43-33-13-12-28-8-3-5-10-30(28)34(33)35-31-11-6-4-9-29(31)26-32(36(35)44-2)42-25-24-41(27-42)21-7-20-40-22-18-38-16-14-37-15-17-39-19-23-40/h3-6,8-13,24-27,37-39H,7,14-23H2,1-2H3/q+1. The third-order valence-electron chi connectivity index (χ3n) is 8.57. The predicted octanol–water partition coefficient (Wildman–Crippen LogP) is 4.23. The first kappa shape index (κ1) is 30.1. The molecule has 0 unspecified atom stereocenters. The van der Waals surface area contributed by atoms with Crippen LogP contribution in [0, 0.1) is 0 Å². The number of rotatable bonds is 8. The molecule has 0 bridgehead atoms. The molecule has 1 aromatic heterocycles. The Balaban J connectivity index is 1.29. The molecule has 0 radical (unpaired) electrons. The van der Waals surface area contributed by atoms with Crippen molar-refractivity contribution in [3.63, 3.8) is 0 Å². The van der Waals surface area contributed by atoms with Crippen molar-refractivity contribution in [3.8, 4) is 28.3 Å². The highest BCUT2D eigenvalue weighted by Crippen LogP contribution is 2.47. The molecular formula is C36H45N6O2+. The lowest BCUT2D eigenvalue weighted by Gasteiger charge is -2.23. The molecule has 5 aromatic rings. The summed E-state index contributed by atoms with van der Waals surface area (Å²) in [5, 5.41) is 15.2. The summed E-state index contributed by atoms with van der Waals surface area (Å²) in [5.41, 5.74) is 3.10. The number of fused-ring (bicyclic) bond motifs is 2. The molecule has 4 aromatic carbocycles. The zero-order valence-electron chi connectivity index (χ0n) is 26.0. The average molecular weight is 594 g/mol. The molecule has 1 saturated heterocycles. The number of benzene rings is 4. The van der Waals surface area contributed by atoms with E-state index in [1.54, 1.807) is 14.2 Å². The van der Waals surface area contributed by atoms with Crippen molar-refractivity contribution in [2.45, 2.75) is 13.0 Å². The lowest BCUT2D eigenvalue weighted by molar-refractivity contribution is -0.696. The van der Waals surface area contributed by atoms with Gasteiger partial charge in [0.25, 0.3) is 0 Å². The van der Waals surface area contributed by atoms with Crippen molar-refractivity contribution in [3.05, 3.63) is 85.5 Å². The molecule has 6 rings (SSSR count). The lowest BCUT2D eigenvalue weighted by atomic mass is 9.91. The van der Waals surface area contributed by atoms with E-state index in [0.29, 0.717) is 0 Å². The Labute approximate surface area is 260 Å². The zero-order valence-corrected chi connectivity index (χ0v) is 26.0. The SMILES string of the molecule is COc1ccc2ccccc2c1-c1c(OC)c(-n2cc[n+](CCCN3CCNCCNCCNCC3)c2)cc2ccccc12. The molecule has 1 aliphatic heterocycles. The number of ether oxygens (including phenoxy) is 2. The molecule has 0 atom stereocenters. The molecular weight excluding hydrogens is 548 g/mol. The van der Waals surface area contributed by atoms with Crippen LogP contribution in [-0.4, -0.2) is 82.6 Å². The first-order valence-electron chi connectivity index (χ1n) is 15.8. The molecule has 8 nitrogen and oxygen atoms in total. The maximum Gasteiger partial charge on any atom is 0.249 e. The van der Waals surface area contributed by atoms with E-state index >= 15 is 0 Å². The number of hydrogen-bond donors (Lipinski definition) is 3. The van der Waals surface area contributed by atoms with Gasteiger partial charge in [-0.1, -0.05) is 54.6 Å². The number of imidazole rings is 1. The molecule has 0 saturated carbocycles. The largest absolute Gasteiger partial charge is 0.496 e. The predicted molar refractivity (Wildman–Crippen MR) is 179 cm³/mol. The Kier molecular flexibility index (Phi) is 10.0. The first-order valence-corrected chi connectivity index (χ1v) is 15.8. The van der Waals surface area contributed by atoms with Gasteiger partial charge in [0.2, 0.25) is 6.33 Å². The number of aromatic nitrogens is 2. The van der Waals surface area contributed by atoms with E-state index in [1.165, 1.54) is 5.39 Å². The third kappa shape index (κ3) is 6.74. The van der Waals surface area contributed by atoms with Crippen molar-refractivity contribution in [1.29, 1.82) is 0 Å². The summed E-state index contributed by atoms with van der Waals surface area (Å²) in [6.07, 6.45) is 7.57. The van der Waals surface area contributed by atoms with Gasteiger partial charge in [-0.05, 0) is 40.1 Å². The van der Waals surface area contributed by atoms with E-state index in [2.05, 4.69) is 115 Å². The normalized spacial score (nSPS) is 15.6. The van der Waals surface area contributed by atoms with Gasteiger partial charge in [-0.25, -0.2) is 4.57 Å². The van der Waals surface area contributed by atoms with Crippen molar-refractivity contribution in [2.24, 2.45) is 0 Å². The van der Waals surface area contributed by atoms with Crippen molar-refractivity contribution >= 4 is 21.5 Å². The van der Waals surface area contributed by atoms with Crippen LogP contribution in [0.25, 0.3) is 38.4 Å². The molecule has 0 amide bonds. The van der Waals surface area contributed by atoms with Gasteiger partial charge >= 0.3 is 0 Å². The Morgan fingerprint density at radius 2 is 1.39 bits per heavy atom. The molecule has 2 heterocycles. The maximum absolute atomic E-state index is 6.26. The molecule has 3 N–H and O–H groups in total. The number of nitrogens with one attached hydrogen (secondary N) is 3. The highest BCUT2D eigenvalue weighted by atomic mass is 16.5. The van der Waals surface area contributed by atoms with Crippen LogP contribution in [0.5, 0.6) is 11.5 Å². The number of hydrogen-bond acceptors (Lipinski definition) is 6. The molecule has 1 fully saturated rings. The summed E-state index contributed by atoms with van der Waals surface area (Å²) >= 11 is 0. The van der Waals surface area contributed by atoms with Crippen molar-refractivity contribution in [2.75, 3.05) is 73.1 Å². The highest BCUT2D eigenvalue weighted by molar-refractivity contribution is 6.11. The van der Waals surface area contributed by atoms with Gasteiger partial charge < -0.3 is 30.3 Å². The number of methoxy groups -OCH3 is 2. The van der Waals surface area contributed by atoms with Crippen LogP contribution in [0.3, 0.4) is 0 Å². The highest BCUT2D eigenvalue weighted by Gasteiger charge is 2.24. The fraction of sp³-hybridized carbons (Fsp3) is 0.361. The van der Waals surface area contributed by atoms with Crippen LogP contribution in [0.1, 0.15) is 6.42 Å². The summed E-state index contributed by atoms with van der Waals surface area (Å²) in [5.74, 6) is 1.66. The van der Waals surface area contributed by atoms with Gasteiger partial charge in [-0.3, -0.25) is 0 Å². The summed E-state index contributed by atoms with van der Waals surface area (Å²) in [6.45, 7) is 10.3. The van der Waals surface area contributed by atoms with Crippen LogP contribution in [0.15, 0.2) is 85.5 Å². The minimum atomic E-state index is 0.829. The molecule has 1 aliphatic rings. The number of aryl methyl sites for hydroxylation is 1. The van der Waals surface area contributed by atoms with Crippen LogP contribution in [-0.2, 0) is 6.54 Å². The Morgan fingerprint density at radius 1 is 0.727 bits per heavy atom. The van der Waals surface area contributed by atoms with Crippen LogP contribution >= 0.6 is 0 Å². The van der Waals surface area contributed by atoms with Gasteiger partial charge in [0, 0.05) is 70.0 Å². The Hall–Kier alpha value is -3.95. The van der Waals surface area contributed by atoms with Gasteiger partial charge in [-0.15, -0.1) is 0 Å². The summed E-state index contributed by atoms with van der Waals surface area (Å²) in [4.78, 5) is 2.57. The monoisotopic (exact) mass is 593 g/mol. The number of nitrogens with zero attached hydrogens (tertiary/aromatic N) is 3. The molecule has 44 heavy (non-hydrogen) atoms. The Morgan fingerprint density at radius 3 is 2.09 bits per heavy atom. The van der Waals surface area contributed by atoms with Gasteiger partial charge in [0.05, 0.1) is 20.8 Å². The molecule has 8 heteroatoms. The zero-order chi connectivity index (χ0) is 30.1. The van der Waals surface area contributed by atoms with E-state index in [9.17, 15) is 0 Å². The molecule has 0 spiro atoms. The van der Waals surface area contributed by atoms with Crippen molar-refractivity contribution < 1.29 is 14.0 Å². The van der Waals surface area contributed by atoms with Crippen LogP contribution in [0.4, 0.5) is 0 Å². The quantitative estimate of drug-likeness (QED) is 0.234. The second kappa shape index (κ2) is 14.7. The summed E-state index contributed by atoms with van der Waals surface area (Å²) < 4.78 is 16.7. The minimum Gasteiger partial charge on any atom is -0.496 e. The van der Waals surface area contributed by atoms with E-state index in [-0.39, 0.29) is 0 Å². The molecule has 230 valence electrons. The Bertz CT molecular complexity index is 1670. The van der Waals surface area contributed by atoms with E-state index in [0.717, 1.165) is 116 Å². The summed E-state index contributed by atoms with van der Waals surface area (Å²) in [6, 6.07) is 23.4. The first-order chi connectivity index (χ1) is 21.8. The van der Waals surface area contributed by atoms with E-state index < -0.39 is 0 Å².